The Kier molecular flexibility index (Phi) is 8.62. The number of rotatable bonds is 6. The zero-order chi connectivity index (χ0) is 9.61. The predicted molar refractivity (Wildman–Crippen MR) is 56.6 cm³/mol. The molecule has 82 valence electrons. The molecule has 0 heterocycles. The zero-order valence-corrected chi connectivity index (χ0v) is 9.14. The molecule has 0 aliphatic carbocycles. The molecule has 1 atom stereocenters. The highest BCUT2D eigenvalue weighted by molar-refractivity contribution is 4.87. The molecule has 0 spiro atoms. The summed E-state index contributed by atoms with van der Waals surface area (Å²) in [4.78, 5) is 0. The molecule has 0 aromatic heterocycles. The van der Waals surface area contributed by atoms with Crippen LogP contribution in [0.5, 0.6) is 0 Å². The second kappa shape index (κ2) is 7.30. The van der Waals surface area contributed by atoms with Crippen molar-refractivity contribution in [1.29, 1.82) is 0 Å². The Morgan fingerprint density at radius 1 is 1.23 bits per heavy atom. The highest BCUT2D eigenvalue weighted by Crippen LogP contribution is 2.27. The molecule has 0 radical (unpaired) electrons. The van der Waals surface area contributed by atoms with Crippen molar-refractivity contribution in [3.8, 4) is 0 Å². The van der Waals surface area contributed by atoms with Gasteiger partial charge in [0.25, 0.3) is 0 Å². The maximum absolute atomic E-state index is 8.87. The minimum absolute atomic E-state index is 0. The Morgan fingerprint density at radius 3 is 1.92 bits per heavy atom. The van der Waals surface area contributed by atoms with Gasteiger partial charge in [-0.05, 0) is 25.2 Å². The van der Waals surface area contributed by atoms with Gasteiger partial charge in [-0.3, -0.25) is 0 Å². The lowest BCUT2D eigenvalue weighted by Crippen LogP contribution is -2.46. The van der Waals surface area contributed by atoms with E-state index in [9.17, 15) is 0 Å². The molecule has 0 saturated heterocycles. The summed E-state index contributed by atoms with van der Waals surface area (Å²) in [5.41, 5.74) is 6.17. The van der Waals surface area contributed by atoms with Crippen LogP contribution >= 0.6 is 0 Å². The van der Waals surface area contributed by atoms with Crippen LogP contribution in [0.25, 0.3) is 0 Å². The maximum atomic E-state index is 8.87. The first-order valence-electron chi connectivity index (χ1n) is 5.04. The minimum atomic E-state index is -0.0581. The van der Waals surface area contributed by atoms with E-state index in [0.717, 1.165) is 25.7 Å². The molecule has 5 N–H and O–H groups in total. The minimum Gasteiger partial charge on any atom is -0.412 e. The van der Waals surface area contributed by atoms with Gasteiger partial charge in [-0.15, -0.1) is 0 Å². The van der Waals surface area contributed by atoms with Crippen molar-refractivity contribution in [2.24, 2.45) is 11.7 Å². The van der Waals surface area contributed by atoms with Crippen LogP contribution in [0.2, 0.25) is 0 Å². The van der Waals surface area contributed by atoms with Gasteiger partial charge >= 0.3 is 0 Å². The molecule has 1 unspecified atom stereocenters. The van der Waals surface area contributed by atoms with Gasteiger partial charge in [-0.25, -0.2) is 0 Å². The van der Waals surface area contributed by atoms with Crippen LogP contribution in [-0.2, 0) is 0 Å². The lowest BCUT2D eigenvalue weighted by Gasteiger charge is -2.35. The molecule has 0 saturated carbocycles. The fourth-order valence-electron chi connectivity index (χ4n) is 1.88. The first-order valence-corrected chi connectivity index (χ1v) is 5.04. The normalized spacial score (nSPS) is 13.6. The summed E-state index contributed by atoms with van der Waals surface area (Å²) in [5.74, 6) is 0.470. The van der Waals surface area contributed by atoms with E-state index in [1.54, 1.807) is 0 Å². The van der Waals surface area contributed by atoms with E-state index in [1.165, 1.54) is 0 Å². The van der Waals surface area contributed by atoms with Crippen LogP contribution in [0.15, 0.2) is 0 Å². The van der Waals surface area contributed by atoms with E-state index in [1.807, 2.05) is 0 Å². The molecular formula is C10H25NO2. The molecule has 0 aliphatic rings. The molecule has 0 amide bonds. The van der Waals surface area contributed by atoms with Crippen molar-refractivity contribution in [1.82, 2.24) is 0 Å². The Balaban J connectivity index is 0. The molecule has 3 nitrogen and oxygen atoms in total. The van der Waals surface area contributed by atoms with E-state index in [2.05, 4.69) is 20.8 Å². The smallest absolute Gasteiger partial charge is 0.0434 e. The van der Waals surface area contributed by atoms with Gasteiger partial charge < -0.3 is 16.3 Å². The monoisotopic (exact) mass is 191 g/mol. The number of hydrogen-bond acceptors (Lipinski definition) is 2. The Bertz CT molecular complexity index is 113. The number of aliphatic hydroxyl groups excluding tert-OH is 1. The fourth-order valence-corrected chi connectivity index (χ4v) is 1.88. The number of hydrogen-bond donors (Lipinski definition) is 2. The number of aliphatic hydroxyl groups is 1. The summed E-state index contributed by atoms with van der Waals surface area (Å²) in [6.45, 7) is 6.66. The molecule has 0 aromatic rings. The highest BCUT2D eigenvalue weighted by atomic mass is 16.3. The third-order valence-electron chi connectivity index (χ3n) is 3.10. The van der Waals surface area contributed by atoms with Crippen LogP contribution in [0.3, 0.4) is 0 Å². The van der Waals surface area contributed by atoms with Crippen molar-refractivity contribution in [3.05, 3.63) is 0 Å². The van der Waals surface area contributed by atoms with Gasteiger partial charge in [0.1, 0.15) is 0 Å². The summed E-state index contributed by atoms with van der Waals surface area (Å²) >= 11 is 0. The number of nitrogens with two attached hydrogens (primary N) is 1. The summed E-state index contributed by atoms with van der Waals surface area (Å²) in [5, 5.41) is 8.87. The molecule has 0 aromatic carbocycles. The lowest BCUT2D eigenvalue weighted by atomic mass is 9.77. The fraction of sp³-hybridized carbons (Fsp3) is 1.00. The summed E-state index contributed by atoms with van der Waals surface area (Å²) in [6.07, 6.45) is 3.91. The van der Waals surface area contributed by atoms with Gasteiger partial charge in [0.05, 0.1) is 0 Å². The van der Waals surface area contributed by atoms with Crippen molar-refractivity contribution in [2.75, 3.05) is 6.61 Å². The largest absolute Gasteiger partial charge is 0.412 e. The average Bonchev–Trinajstić information content (AvgIpc) is 2.13. The lowest BCUT2D eigenvalue weighted by molar-refractivity contribution is 0.180. The maximum Gasteiger partial charge on any atom is 0.0434 e. The molecular weight excluding hydrogens is 166 g/mol. The van der Waals surface area contributed by atoms with Gasteiger partial charge in [0.15, 0.2) is 0 Å². The first-order chi connectivity index (χ1) is 5.64. The molecule has 0 bridgehead atoms. The Labute approximate surface area is 81.6 Å². The van der Waals surface area contributed by atoms with Crippen molar-refractivity contribution in [3.63, 3.8) is 0 Å². The highest BCUT2D eigenvalue weighted by Gasteiger charge is 2.29. The first kappa shape index (κ1) is 15.4. The zero-order valence-electron chi connectivity index (χ0n) is 9.14. The Morgan fingerprint density at radius 2 is 1.69 bits per heavy atom. The van der Waals surface area contributed by atoms with E-state index >= 15 is 0 Å². The quantitative estimate of drug-likeness (QED) is 0.659. The van der Waals surface area contributed by atoms with Gasteiger partial charge in [-0.2, -0.15) is 0 Å². The average molecular weight is 191 g/mol. The van der Waals surface area contributed by atoms with Gasteiger partial charge in [0, 0.05) is 12.1 Å². The molecule has 0 fully saturated rings. The SMILES string of the molecule is CCC(CCO)C(N)(CC)CC.O. The third-order valence-corrected chi connectivity index (χ3v) is 3.10. The van der Waals surface area contributed by atoms with Gasteiger partial charge in [0.2, 0.25) is 0 Å². The summed E-state index contributed by atoms with van der Waals surface area (Å²) < 4.78 is 0. The third kappa shape index (κ3) is 4.07. The molecule has 0 rings (SSSR count). The molecule has 3 heteroatoms. The van der Waals surface area contributed by atoms with E-state index < -0.39 is 0 Å². The van der Waals surface area contributed by atoms with Crippen LogP contribution in [-0.4, -0.2) is 22.7 Å². The second-order valence-electron chi connectivity index (χ2n) is 3.56. The van der Waals surface area contributed by atoms with Crippen molar-refractivity contribution >= 4 is 0 Å². The Hall–Kier alpha value is -0.120. The van der Waals surface area contributed by atoms with Gasteiger partial charge in [-0.1, -0.05) is 27.2 Å². The van der Waals surface area contributed by atoms with Crippen LogP contribution in [0, 0.1) is 5.92 Å². The van der Waals surface area contributed by atoms with Crippen molar-refractivity contribution < 1.29 is 10.6 Å². The van der Waals surface area contributed by atoms with E-state index in [0.29, 0.717) is 5.92 Å². The van der Waals surface area contributed by atoms with E-state index in [4.69, 9.17) is 10.8 Å². The second-order valence-corrected chi connectivity index (χ2v) is 3.56. The standard InChI is InChI=1S/C10H23NO.H2O/c1-4-9(7-8-12)10(11,5-2)6-3;/h9,12H,4-8,11H2,1-3H3;1H2. The summed E-state index contributed by atoms with van der Waals surface area (Å²) in [6, 6.07) is 0. The van der Waals surface area contributed by atoms with Crippen molar-refractivity contribution in [2.45, 2.75) is 52.0 Å². The molecule has 13 heavy (non-hydrogen) atoms. The molecule has 0 aliphatic heterocycles. The van der Waals surface area contributed by atoms with E-state index in [-0.39, 0.29) is 17.6 Å². The summed E-state index contributed by atoms with van der Waals surface area (Å²) in [7, 11) is 0. The van der Waals surface area contributed by atoms with Crippen LogP contribution < -0.4 is 5.73 Å². The topological polar surface area (TPSA) is 77.8 Å². The predicted octanol–water partition coefficient (Wildman–Crippen LogP) is 1.09. The van der Waals surface area contributed by atoms with Crippen LogP contribution in [0.4, 0.5) is 0 Å². The van der Waals surface area contributed by atoms with Crippen LogP contribution in [0.1, 0.15) is 46.5 Å².